The summed E-state index contributed by atoms with van der Waals surface area (Å²) in [6, 6.07) is 10.0. The second-order valence-electron chi connectivity index (χ2n) is 4.75. The Hall–Kier alpha value is -1.91. The summed E-state index contributed by atoms with van der Waals surface area (Å²) >= 11 is 0. The van der Waals surface area contributed by atoms with Crippen molar-refractivity contribution in [1.29, 1.82) is 0 Å². The van der Waals surface area contributed by atoms with Crippen molar-refractivity contribution in [3.05, 3.63) is 53.9 Å². The van der Waals surface area contributed by atoms with Gasteiger partial charge < -0.3 is 14.8 Å². The van der Waals surface area contributed by atoms with Crippen molar-refractivity contribution in [2.24, 2.45) is 0 Å². The minimum atomic E-state index is 0.734. The Labute approximate surface area is 126 Å². The third-order valence-corrected chi connectivity index (χ3v) is 3.17. The quantitative estimate of drug-likeness (QED) is 0.809. The molecule has 2 rings (SSSR count). The van der Waals surface area contributed by atoms with Gasteiger partial charge in [0.25, 0.3) is 0 Å². The van der Waals surface area contributed by atoms with Crippen LogP contribution < -0.4 is 10.1 Å². The first-order chi connectivity index (χ1) is 10.3. The predicted octanol–water partition coefficient (Wildman–Crippen LogP) is 3.17. The van der Waals surface area contributed by atoms with Crippen molar-refractivity contribution in [2.45, 2.75) is 19.9 Å². The third-order valence-electron chi connectivity index (χ3n) is 3.17. The summed E-state index contributed by atoms with van der Waals surface area (Å²) in [4.78, 5) is 4.15. The van der Waals surface area contributed by atoms with E-state index in [1.807, 2.05) is 24.4 Å². The van der Waals surface area contributed by atoms with Gasteiger partial charge in [-0.2, -0.15) is 0 Å². The Balaban J connectivity index is 2.04. The van der Waals surface area contributed by atoms with Gasteiger partial charge in [-0.05, 0) is 36.7 Å². The van der Waals surface area contributed by atoms with Crippen molar-refractivity contribution in [3.8, 4) is 11.5 Å². The molecule has 0 atom stereocenters. The van der Waals surface area contributed by atoms with E-state index in [1.165, 1.54) is 5.56 Å². The first-order valence-corrected chi connectivity index (χ1v) is 7.22. The number of nitrogens with one attached hydrogen (secondary N) is 1. The molecule has 0 aliphatic carbocycles. The van der Waals surface area contributed by atoms with Gasteiger partial charge in [0.15, 0.2) is 0 Å². The average molecular weight is 286 g/mol. The first kappa shape index (κ1) is 15.5. The Kier molecular flexibility index (Phi) is 6.19. The molecule has 0 unspecified atom stereocenters. The highest BCUT2D eigenvalue weighted by atomic mass is 16.5. The van der Waals surface area contributed by atoms with Gasteiger partial charge in [0, 0.05) is 31.6 Å². The van der Waals surface area contributed by atoms with Crippen LogP contribution in [0.4, 0.5) is 0 Å². The molecule has 112 valence electrons. The number of hydrogen-bond donors (Lipinski definition) is 1. The van der Waals surface area contributed by atoms with Gasteiger partial charge in [0.1, 0.15) is 11.5 Å². The highest BCUT2D eigenvalue weighted by Crippen LogP contribution is 2.24. The zero-order chi connectivity index (χ0) is 14.9. The van der Waals surface area contributed by atoms with E-state index in [-0.39, 0.29) is 0 Å². The van der Waals surface area contributed by atoms with Crippen LogP contribution in [0.15, 0.2) is 42.7 Å². The number of benzene rings is 1. The second-order valence-corrected chi connectivity index (χ2v) is 4.75. The highest BCUT2D eigenvalue weighted by Gasteiger charge is 2.04. The lowest BCUT2D eigenvalue weighted by molar-refractivity contribution is 0.202. The van der Waals surface area contributed by atoms with Crippen molar-refractivity contribution < 1.29 is 9.47 Å². The lowest BCUT2D eigenvalue weighted by Gasteiger charge is -2.11. The Morgan fingerprint density at radius 1 is 1.14 bits per heavy atom. The molecule has 0 bridgehead atoms. The molecule has 0 saturated carbocycles. The molecule has 0 saturated heterocycles. The number of aromatic nitrogens is 1. The van der Waals surface area contributed by atoms with Crippen LogP contribution in [0.5, 0.6) is 11.5 Å². The fourth-order valence-corrected chi connectivity index (χ4v) is 1.98. The number of pyridine rings is 1. The lowest BCUT2D eigenvalue weighted by Crippen LogP contribution is -2.12. The number of methoxy groups -OCH3 is 1. The van der Waals surface area contributed by atoms with E-state index in [0.717, 1.165) is 43.2 Å². The van der Waals surface area contributed by atoms with Gasteiger partial charge in [-0.15, -0.1) is 0 Å². The molecule has 0 aliphatic rings. The van der Waals surface area contributed by atoms with Gasteiger partial charge >= 0.3 is 0 Å². The number of rotatable bonds is 8. The summed E-state index contributed by atoms with van der Waals surface area (Å²) in [5, 5.41) is 3.29. The molecule has 21 heavy (non-hydrogen) atoms. The third kappa shape index (κ3) is 4.85. The molecule has 2 aromatic rings. The fourth-order valence-electron chi connectivity index (χ4n) is 1.98. The van der Waals surface area contributed by atoms with Crippen molar-refractivity contribution in [2.75, 3.05) is 20.3 Å². The van der Waals surface area contributed by atoms with E-state index in [4.69, 9.17) is 9.47 Å². The topological polar surface area (TPSA) is 43.4 Å². The zero-order valence-corrected chi connectivity index (χ0v) is 12.6. The fraction of sp³-hybridized carbons (Fsp3) is 0.353. The van der Waals surface area contributed by atoms with Gasteiger partial charge in [-0.25, -0.2) is 0 Å². The Morgan fingerprint density at radius 2 is 1.95 bits per heavy atom. The molecule has 0 radical (unpaired) electrons. The van der Waals surface area contributed by atoms with Gasteiger partial charge in [0.05, 0.1) is 6.61 Å². The molecule has 0 aliphatic heterocycles. The summed E-state index contributed by atoms with van der Waals surface area (Å²) in [6.07, 6.45) is 4.50. The van der Waals surface area contributed by atoms with Crippen LogP contribution in [0.1, 0.15) is 18.1 Å². The van der Waals surface area contributed by atoms with E-state index >= 15 is 0 Å². The van der Waals surface area contributed by atoms with Crippen LogP contribution in [0.2, 0.25) is 0 Å². The molecule has 1 aromatic carbocycles. The van der Waals surface area contributed by atoms with Gasteiger partial charge in [-0.3, -0.25) is 4.98 Å². The maximum absolute atomic E-state index is 5.95. The second kappa shape index (κ2) is 8.39. The zero-order valence-electron chi connectivity index (χ0n) is 12.6. The van der Waals surface area contributed by atoms with Gasteiger partial charge in [-0.1, -0.05) is 19.1 Å². The van der Waals surface area contributed by atoms with Crippen LogP contribution in [0, 0.1) is 0 Å². The smallest absolute Gasteiger partial charge is 0.134 e. The van der Waals surface area contributed by atoms with Crippen LogP contribution in [-0.4, -0.2) is 25.2 Å². The normalized spacial score (nSPS) is 10.6. The van der Waals surface area contributed by atoms with Gasteiger partial charge in [0.2, 0.25) is 0 Å². The molecular formula is C17H22N2O2. The molecular weight excluding hydrogens is 264 g/mol. The number of hydrogen-bond acceptors (Lipinski definition) is 4. The van der Waals surface area contributed by atoms with E-state index in [2.05, 4.69) is 29.4 Å². The van der Waals surface area contributed by atoms with Crippen LogP contribution in [0.25, 0.3) is 0 Å². The molecule has 1 N–H and O–H groups in total. The number of nitrogens with zero attached hydrogens (tertiary/aromatic N) is 1. The molecule has 4 heteroatoms. The molecule has 0 spiro atoms. The van der Waals surface area contributed by atoms with Crippen LogP contribution >= 0.6 is 0 Å². The Bertz CT molecular complexity index is 541. The lowest BCUT2D eigenvalue weighted by atomic mass is 10.1. The standard InChI is InChI=1S/C17H22N2O2/c1-3-18-12-15-13-19-10-8-17(15)21-16-6-4-14(5-7-16)9-11-20-2/h4-8,10,13,18H,3,9,11-12H2,1-2H3. The molecule has 1 heterocycles. The molecule has 1 aromatic heterocycles. The monoisotopic (exact) mass is 286 g/mol. The van der Waals surface area contributed by atoms with E-state index in [1.54, 1.807) is 13.3 Å². The average Bonchev–Trinajstić information content (AvgIpc) is 2.53. The minimum absolute atomic E-state index is 0.734. The largest absolute Gasteiger partial charge is 0.457 e. The van der Waals surface area contributed by atoms with Crippen molar-refractivity contribution in [3.63, 3.8) is 0 Å². The Morgan fingerprint density at radius 3 is 2.67 bits per heavy atom. The number of ether oxygens (including phenoxy) is 2. The minimum Gasteiger partial charge on any atom is -0.457 e. The van der Waals surface area contributed by atoms with Crippen molar-refractivity contribution in [1.82, 2.24) is 10.3 Å². The first-order valence-electron chi connectivity index (χ1n) is 7.22. The van der Waals surface area contributed by atoms with E-state index in [0.29, 0.717) is 0 Å². The maximum Gasteiger partial charge on any atom is 0.134 e. The van der Waals surface area contributed by atoms with E-state index < -0.39 is 0 Å². The summed E-state index contributed by atoms with van der Waals surface area (Å²) in [5.41, 5.74) is 2.30. The van der Waals surface area contributed by atoms with Crippen LogP contribution in [0.3, 0.4) is 0 Å². The van der Waals surface area contributed by atoms with E-state index in [9.17, 15) is 0 Å². The highest BCUT2D eigenvalue weighted by molar-refractivity contribution is 5.36. The predicted molar refractivity (Wildman–Crippen MR) is 83.7 cm³/mol. The summed E-state index contributed by atoms with van der Waals surface area (Å²) < 4.78 is 11.0. The summed E-state index contributed by atoms with van der Waals surface area (Å²) in [7, 11) is 1.72. The molecule has 0 amide bonds. The SMILES string of the molecule is CCNCc1cnccc1Oc1ccc(CCOC)cc1. The van der Waals surface area contributed by atoms with Crippen LogP contribution in [-0.2, 0) is 17.7 Å². The molecule has 4 nitrogen and oxygen atoms in total. The maximum atomic E-state index is 5.95. The summed E-state index contributed by atoms with van der Waals surface area (Å²) in [5.74, 6) is 1.68. The summed E-state index contributed by atoms with van der Waals surface area (Å²) in [6.45, 7) is 4.49. The van der Waals surface area contributed by atoms with Crippen molar-refractivity contribution >= 4 is 0 Å². The molecule has 0 fully saturated rings.